The summed E-state index contributed by atoms with van der Waals surface area (Å²) in [7, 11) is 0. The molecule has 62 valence electrons. The van der Waals surface area contributed by atoms with Crippen molar-refractivity contribution in [3.8, 4) is 0 Å². The highest BCUT2D eigenvalue weighted by atomic mass is 32.1. The zero-order valence-electron chi connectivity index (χ0n) is 5.76. The molecular formula is C6H8F2N2S. The van der Waals surface area contributed by atoms with Crippen LogP contribution < -0.4 is 5.32 Å². The Hall–Kier alpha value is -0.710. The van der Waals surface area contributed by atoms with E-state index in [0.717, 1.165) is 0 Å². The number of hydrogen-bond donors (Lipinski definition) is 1. The first kappa shape index (κ1) is 8.39. The van der Waals surface area contributed by atoms with Gasteiger partial charge in [-0.2, -0.15) is 0 Å². The van der Waals surface area contributed by atoms with Gasteiger partial charge in [0, 0.05) is 24.5 Å². The molecule has 0 spiro atoms. The van der Waals surface area contributed by atoms with Crippen molar-refractivity contribution in [2.24, 2.45) is 0 Å². The molecule has 1 N–H and O–H groups in total. The third kappa shape index (κ3) is 3.27. The van der Waals surface area contributed by atoms with Gasteiger partial charge < -0.3 is 5.32 Å². The second-order valence-electron chi connectivity index (χ2n) is 1.94. The zero-order valence-corrected chi connectivity index (χ0v) is 6.57. The van der Waals surface area contributed by atoms with E-state index in [1.165, 1.54) is 11.3 Å². The molecule has 0 fully saturated rings. The largest absolute Gasteiger partial charge is 0.361 e. The highest BCUT2D eigenvalue weighted by Gasteiger charge is 2.01. The summed E-state index contributed by atoms with van der Waals surface area (Å²) in [6.45, 7) is 0.283. The lowest BCUT2D eigenvalue weighted by Crippen LogP contribution is -2.05. The van der Waals surface area contributed by atoms with E-state index in [0.29, 0.717) is 5.13 Å². The maximum atomic E-state index is 11.6. The summed E-state index contributed by atoms with van der Waals surface area (Å²) in [4.78, 5) is 3.88. The van der Waals surface area contributed by atoms with Crippen molar-refractivity contribution in [2.45, 2.75) is 12.8 Å². The van der Waals surface area contributed by atoms with E-state index in [1.54, 1.807) is 11.6 Å². The van der Waals surface area contributed by atoms with Gasteiger partial charge in [-0.25, -0.2) is 13.8 Å². The van der Waals surface area contributed by atoms with Crippen LogP contribution in [0.5, 0.6) is 0 Å². The number of thiazole rings is 1. The lowest BCUT2D eigenvalue weighted by Gasteiger charge is -1.99. The van der Waals surface area contributed by atoms with Crippen molar-refractivity contribution in [2.75, 3.05) is 11.9 Å². The number of anilines is 1. The first-order chi connectivity index (χ1) is 5.29. The van der Waals surface area contributed by atoms with Crippen molar-refractivity contribution in [3.63, 3.8) is 0 Å². The smallest absolute Gasteiger partial charge is 0.240 e. The summed E-state index contributed by atoms with van der Waals surface area (Å²) in [5.74, 6) is 0. The van der Waals surface area contributed by atoms with E-state index in [4.69, 9.17) is 0 Å². The average molecular weight is 178 g/mol. The normalized spacial score (nSPS) is 10.5. The van der Waals surface area contributed by atoms with Gasteiger partial charge in [-0.1, -0.05) is 0 Å². The van der Waals surface area contributed by atoms with Crippen LogP contribution in [0.1, 0.15) is 6.42 Å². The van der Waals surface area contributed by atoms with Crippen LogP contribution in [0.2, 0.25) is 0 Å². The summed E-state index contributed by atoms with van der Waals surface area (Å²) in [6, 6.07) is 0. The molecule has 0 radical (unpaired) electrons. The molecule has 1 aromatic rings. The second kappa shape index (κ2) is 4.23. The minimum atomic E-state index is -2.23. The first-order valence-electron chi connectivity index (χ1n) is 3.20. The quantitative estimate of drug-likeness (QED) is 0.764. The Bertz CT molecular complexity index is 188. The molecule has 0 aliphatic rings. The molecular weight excluding hydrogens is 170 g/mol. The SMILES string of the molecule is FC(F)CCNc1nccs1. The fourth-order valence-corrected chi connectivity index (χ4v) is 1.16. The van der Waals surface area contributed by atoms with E-state index < -0.39 is 6.43 Å². The number of hydrogen-bond acceptors (Lipinski definition) is 3. The third-order valence-corrected chi connectivity index (χ3v) is 1.80. The molecule has 11 heavy (non-hydrogen) atoms. The van der Waals surface area contributed by atoms with Crippen molar-refractivity contribution in [1.29, 1.82) is 0 Å². The van der Waals surface area contributed by atoms with E-state index >= 15 is 0 Å². The average Bonchev–Trinajstić information content (AvgIpc) is 2.39. The van der Waals surface area contributed by atoms with E-state index in [2.05, 4.69) is 10.3 Å². The maximum absolute atomic E-state index is 11.6. The molecule has 0 unspecified atom stereocenters. The van der Waals surface area contributed by atoms with Crippen molar-refractivity contribution in [3.05, 3.63) is 11.6 Å². The Labute approximate surface area is 67.3 Å². The van der Waals surface area contributed by atoms with Crippen molar-refractivity contribution >= 4 is 16.5 Å². The van der Waals surface area contributed by atoms with Gasteiger partial charge in [0.1, 0.15) is 0 Å². The van der Waals surface area contributed by atoms with E-state index in [9.17, 15) is 8.78 Å². The molecule has 0 amide bonds. The van der Waals surface area contributed by atoms with E-state index in [-0.39, 0.29) is 13.0 Å². The van der Waals surface area contributed by atoms with Gasteiger partial charge in [0.15, 0.2) is 5.13 Å². The Morgan fingerprint density at radius 1 is 1.64 bits per heavy atom. The number of halogens is 2. The molecule has 0 saturated heterocycles. The fourth-order valence-electron chi connectivity index (χ4n) is 0.599. The van der Waals surface area contributed by atoms with Crippen molar-refractivity contribution in [1.82, 2.24) is 4.98 Å². The predicted octanol–water partition coefficient (Wildman–Crippen LogP) is 2.21. The van der Waals surface area contributed by atoms with Gasteiger partial charge >= 0.3 is 0 Å². The summed E-state index contributed by atoms with van der Waals surface area (Å²) < 4.78 is 23.2. The molecule has 2 nitrogen and oxygen atoms in total. The topological polar surface area (TPSA) is 24.9 Å². The summed E-state index contributed by atoms with van der Waals surface area (Å²) in [6.07, 6.45) is -0.725. The Morgan fingerprint density at radius 3 is 3.00 bits per heavy atom. The van der Waals surface area contributed by atoms with Gasteiger partial charge in [-0.15, -0.1) is 11.3 Å². The van der Waals surface area contributed by atoms with Gasteiger partial charge in [-0.05, 0) is 0 Å². The Kier molecular flexibility index (Phi) is 3.22. The lowest BCUT2D eigenvalue weighted by molar-refractivity contribution is 0.142. The molecule has 1 aromatic heterocycles. The van der Waals surface area contributed by atoms with Crippen LogP contribution in [0.15, 0.2) is 11.6 Å². The summed E-state index contributed by atoms with van der Waals surface area (Å²) >= 11 is 1.41. The van der Waals surface area contributed by atoms with Gasteiger partial charge in [-0.3, -0.25) is 0 Å². The van der Waals surface area contributed by atoms with Crippen LogP contribution in [0, 0.1) is 0 Å². The standard InChI is InChI=1S/C6H8F2N2S/c7-5(8)1-2-9-6-10-3-4-11-6/h3-5H,1-2H2,(H,9,10). The minimum absolute atomic E-state index is 0.125. The number of rotatable bonds is 4. The van der Waals surface area contributed by atoms with Crippen molar-refractivity contribution < 1.29 is 8.78 Å². The zero-order chi connectivity index (χ0) is 8.10. The minimum Gasteiger partial charge on any atom is -0.361 e. The maximum Gasteiger partial charge on any atom is 0.240 e. The molecule has 0 atom stereocenters. The molecule has 1 heterocycles. The van der Waals surface area contributed by atoms with Crippen LogP contribution in [0.3, 0.4) is 0 Å². The van der Waals surface area contributed by atoms with Crippen LogP contribution >= 0.6 is 11.3 Å². The molecule has 0 aromatic carbocycles. The second-order valence-corrected chi connectivity index (χ2v) is 2.84. The third-order valence-electron chi connectivity index (χ3n) is 1.07. The monoisotopic (exact) mass is 178 g/mol. The summed E-state index contributed by atoms with van der Waals surface area (Å²) in [5, 5.41) is 5.28. The molecule has 0 bridgehead atoms. The van der Waals surface area contributed by atoms with Gasteiger partial charge in [0.05, 0.1) is 0 Å². The first-order valence-corrected chi connectivity index (χ1v) is 4.08. The Morgan fingerprint density at radius 2 is 2.45 bits per heavy atom. The number of nitrogens with zero attached hydrogens (tertiary/aromatic N) is 1. The molecule has 5 heteroatoms. The fraction of sp³-hybridized carbons (Fsp3) is 0.500. The highest BCUT2D eigenvalue weighted by Crippen LogP contribution is 2.10. The van der Waals surface area contributed by atoms with E-state index in [1.807, 2.05) is 0 Å². The number of alkyl halides is 2. The van der Waals surface area contributed by atoms with Gasteiger partial charge in [0.2, 0.25) is 6.43 Å². The molecule has 1 rings (SSSR count). The Balaban J connectivity index is 2.14. The van der Waals surface area contributed by atoms with Gasteiger partial charge in [0.25, 0.3) is 0 Å². The van der Waals surface area contributed by atoms with Crippen LogP contribution in [0.4, 0.5) is 13.9 Å². The van der Waals surface area contributed by atoms with Crippen LogP contribution in [0.25, 0.3) is 0 Å². The highest BCUT2D eigenvalue weighted by molar-refractivity contribution is 7.13. The van der Waals surface area contributed by atoms with Crippen LogP contribution in [-0.4, -0.2) is 18.0 Å². The lowest BCUT2D eigenvalue weighted by atomic mass is 10.4. The molecule has 0 aliphatic heterocycles. The summed E-state index contributed by atoms with van der Waals surface area (Å²) in [5.41, 5.74) is 0. The molecule has 0 aliphatic carbocycles. The number of nitrogens with one attached hydrogen (secondary N) is 1. The molecule has 0 saturated carbocycles. The predicted molar refractivity (Wildman–Crippen MR) is 41.2 cm³/mol. The van der Waals surface area contributed by atoms with Crippen LogP contribution in [-0.2, 0) is 0 Å². The number of aromatic nitrogens is 1.